The van der Waals surface area contributed by atoms with Gasteiger partial charge in [0.2, 0.25) is 17.7 Å². The number of rotatable bonds is 2. The van der Waals surface area contributed by atoms with Crippen molar-refractivity contribution < 1.29 is 14.4 Å². The molecule has 0 saturated carbocycles. The fourth-order valence-electron chi connectivity index (χ4n) is 3.00. The second-order valence-corrected chi connectivity index (χ2v) is 7.35. The lowest BCUT2D eigenvalue weighted by Gasteiger charge is -2.45. The summed E-state index contributed by atoms with van der Waals surface area (Å²) in [5, 5.41) is 8.25. The molecule has 0 aromatic heterocycles. The van der Waals surface area contributed by atoms with E-state index in [0.29, 0.717) is 10.7 Å². The Bertz CT molecular complexity index is 811. The smallest absolute Gasteiger partial charge is 0.248 e. The van der Waals surface area contributed by atoms with Crippen molar-refractivity contribution in [1.29, 1.82) is 0 Å². The van der Waals surface area contributed by atoms with Gasteiger partial charge < -0.3 is 5.32 Å². The first-order valence-electron chi connectivity index (χ1n) is 7.67. The van der Waals surface area contributed by atoms with Gasteiger partial charge in [-0.1, -0.05) is 17.7 Å². The third-order valence-corrected chi connectivity index (χ3v) is 4.93. The maximum absolute atomic E-state index is 12.8. The second kappa shape index (κ2) is 6.05. The summed E-state index contributed by atoms with van der Waals surface area (Å²) < 4.78 is 0. The van der Waals surface area contributed by atoms with Gasteiger partial charge in [0, 0.05) is 0 Å². The van der Waals surface area contributed by atoms with Crippen molar-refractivity contribution in [1.82, 2.24) is 15.3 Å². The maximum Gasteiger partial charge on any atom is 0.248 e. The molecule has 1 unspecified atom stereocenters. The van der Waals surface area contributed by atoms with E-state index in [1.807, 2.05) is 13.0 Å². The summed E-state index contributed by atoms with van der Waals surface area (Å²) in [7, 11) is 0. The van der Waals surface area contributed by atoms with Gasteiger partial charge in [-0.2, -0.15) is 5.01 Å². The molecule has 3 rings (SSSR count). The Hall–Kier alpha value is -2.03. The van der Waals surface area contributed by atoms with Gasteiger partial charge >= 0.3 is 0 Å². The van der Waals surface area contributed by atoms with Crippen LogP contribution in [0.4, 0.5) is 5.69 Å². The minimum atomic E-state index is -1.10. The van der Waals surface area contributed by atoms with Crippen molar-refractivity contribution in [2.45, 2.75) is 38.8 Å². The first-order chi connectivity index (χ1) is 11.6. The van der Waals surface area contributed by atoms with Crippen molar-refractivity contribution in [3.63, 3.8) is 0 Å². The molecule has 132 valence electrons. The minimum absolute atomic E-state index is 0.0157. The van der Waals surface area contributed by atoms with Crippen LogP contribution >= 0.6 is 23.8 Å². The number of carbonyl (C=O) groups is 3. The van der Waals surface area contributed by atoms with Crippen molar-refractivity contribution in [2.24, 2.45) is 0 Å². The number of benzene rings is 1. The lowest BCUT2D eigenvalue weighted by molar-refractivity contribution is -0.154. The zero-order valence-electron chi connectivity index (χ0n) is 13.9. The van der Waals surface area contributed by atoms with E-state index in [1.54, 1.807) is 26.0 Å². The highest BCUT2D eigenvalue weighted by molar-refractivity contribution is 7.80. The van der Waals surface area contributed by atoms with Gasteiger partial charge in [-0.25, -0.2) is 5.01 Å². The van der Waals surface area contributed by atoms with Crippen LogP contribution in [0.3, 0.4) is 0 Å². The molecule has 25 heavy (non-hydrogen) atoms. The van der Waals surface area contributed by atoms with Crippen molar-refractivity contribution >= 4 is 52.3 Å². The minimum Gasteiger partial charge on any atom is -0.323 e. The highest BCUT2D eigenvalue weighted by Gasteiger charge is 2.56. The quantitative estimate of drug-likeness (QED) is 0.761. The number of halogens is 1. The molecule has 2 saturated heterocycles. The topological polar surface area (TPSA) is 81.8 Å². The molecule has 1 atom stereocenters. The molecule has 2 fully saturated rings. The lowest BCUT2D eigenvalue weighted by atomic mass is 10.00. The number of hydrogen-bond donors (Lipinski definition) is 2. The van der Waals surface area contributed by atoms with Gasteiger partial charge in [0.1, 0.15) is 11.6 Å². The fourth-order valence-corrected chi connectivity index (χ4v) is 3.56. The van der Waals surface area contributed by atoms with E-state index in [9.17, 15) is 14.4 Å². The number of hydrazine groups is 1. The molecular weight excluding hydrogens is 364 g/mol. The van der Waals surface area contributed by atoms with Crippen molar-refractivity contribution in [3.8, 4) is 0 Å². The maximum atomic E-state index is 12.8. The number of nitrogens with one attached hydrogen (secondary N) is 2. The number of thiocarbonyl (C=S) groups is 1. The normalized spacial score (nSPS) is 22.6. The molecule has 1 aromatic carbocycles. The van der Waals surface area contributed by atoms with Gasteiger partial charge in [-0.05, 0) is 50.7 Å². The van der Waals surface area contributed by atoms with E-state index in [4.69, 9.17) is 23.8 Å². The second-order valence-electron chi connectivity index (χ2n) is 6.56. The molecule has 2 aliphatic heterocycles. The number of amides is 3. The average molecular weight is 381 g/mol. The van der Waals surface area contributed by atoms with Crippen LogP contribution < -0.4 is 10.6 Å². The SMILES string of the molecule is Cc1ccc(NC(=O)C2CC(=O)N3C(=S)NC(=O)C(C)(C)N23)c(Cl)c1. The number of fused-ring (bicyclic) bond motifs is 1. The van der Waals surface area contributed by atoms with E-state index in [0.717, 1.165) is 5.56 Å². The van der Waals surface area contributed by atoms with Gasteiger partial charge in [0.05, 0.1) is 17.1 Å². The van der Waals surface area contributed by atoms with Crippen LogP contribution in [-0.2, 0) is 14.4 Å². The summed E-state index contributed by atoms with van der Waals surface area (Å²) in [6.07, 6.45) is -0.0756. The van der Waals surface area contributed by atoms with Crippen LogP contribution in [0, 0.1) is 6.92 Å². The average Bonchev–Trinajstić information content (AvgIpc) is 2.87. The highest BCUT2D eigenvalue weighted by Crippen LogP contribution is 2.33. The van der Waals surface area contributed by atoms with E-state index < -0.39 is 17.5 Å². The van der Waals surface area contributed by atoms with Gasteiger partial charge in [0.25, 0.3) is 0 Å². The van der Waals surface area contributed by atoms with Crippen LogP contribution in [0.2, 0.25) is 5.02 Å². The zero-order chi connectivity index (χ0) is 18.5. The summed E-state index contributed by atoms with van der Waals surface area (Å²) in [4.78, 5) is 37.4. The summed E-state index contributed by atoms with van der Waals surface area (Å²) in [6.45, 7) is 5.16. The first-order valence-corrected chi connectivity index (χ1v) is 8.46. The van der Waals surface area contributed by atoms with E-state index in [-0.39, 0.29) is 23.3 Å². The Kier molecular flexibility index (Phi) is 4.30. The van der Waals surface area contributed by atoms with Gasteiger partial charge in [-0.15, -0.1) is 0 Å². The van der Waals surface area contributed by atoms with Crippen molar-refractivity contribution in [2.75, 3.05) is 5.32 Å². The summed E-state index contributed by atoms with van der Waals surface area (Å²) in [6, 6.07) is 4.39. The van der Waals surface area contributed by atoms with Crippen LogP contribution in [0.15, 0.2) is 18.2 Å². The third-order valence-electron chi connectivity index (χ3n) is 4.34. The molecule has 2 heterocycles. The zero-order valence-corrected chi connectivity index (χ0v) is 15.5. The lowest BCUT2D eigenvalue weighted by Crippen LogP contribution is -2.71. The van der Waals surface area contributed by atoms with Crippen LogP contribution in [0.25, 0.3) is 0 Å². The predicted molar refractivity (Wildman–Crippen MR) is 96.7 cm³/mol. The number of aryl methyl sites for hydroxylation is 1. The van der Waals surface area contributed by atoms with E-state index in [2.05, 4.69) is 10.6 Å². The first kappa shape index (κ1) is 17.8. The van der Waals surface area contributed by atoms with Gasteiger partial charge in [0.15, 0.2) is 5.11 Å². The van der Waals surface area contributed by atoms with Gasteiger partial charge in [-0.3, -0.25) is 19.7 Å². The Morgan fingerprint density at radius 3 is 2.72 bits per heavy atom. The Labute approximate surface area is 155 Å². The Balaban J connectivity index is 1.91. The molecular formula is C16H17ClN4O3S. The number of anilines is 1. The molecule has 3 amide bonds. The van der Waals surface area contributed by atoms with E-state index >= 15 is 0 Å². The number of hydrogen-bond acceptors (Lipinski definition) is 5. The number of nitrogens with zero attached hydrogens (tertiary/aromatic N) is 2. The predicted octanol–water partition coefficient (Wildman–Crippen LogP) is 1.60. The monoisotopic (exact) mass is 380 g/mol. The molecule has 1 aromatic rings. The highest BCUT2D eigenvalue weighted by atomic mass is 35.5. The Morgan fingerprint density at radius 2 is 2.08 bits per heavy atom. The molecule has 0 aliphatic carbocycles. The summed E-state index contributed by atoms with van der Waals surface area (Å²) in [5.41, 5.74) is 0.308. The molecule has 0 spiro atoms. The number of carbonyl (C=O) groups excluding carboxylic acids is 3. The fraction of sp³-hybridized carbons (Fsp3) is 0.375. The summed E-state index contributed by atoms with van der Waals surface area (Å²) >= 11 is 11.2. The summed E-state index contributed by atoms with van der Waals surface area (Å²) in [5.74, 6) is -1.13. The molecule has 0 radical (unpaired) electrons. The molecule has 2 N–H and O–H groups in total. The van der Waals surface area contributed by atoms with Crippen LogP contribution in [0.1, 0.15) is 25.8 Å². The van der Waals surface area contributed by atoms with E-state index in [1.165, 1.54) is 10.0 Å². The molecule has 2 aliphatic rings. The molecule has 9 heteroatoms. The van der Waals surface area contributed by atoms with Crippen LogP contribution in [-0.4, -0.2) is 44.4 Å². The molecule has 7 nitrogen and oxygen atoms in total. The largest absolute Gasteiger partial charge is 0.323 e. The van der Waals surface area contributed by atoms with Crippen molar-refractivity contribution in [3.05, 3.63) is 28.8 Å². The standard InChI is InChI=1S/C16H17ClN4O3S/c1-8-4-5-10(9(17)6-8)18-13(23)11-7-12(22)20-15(25)19-14(24)16(2,3)21(11)20/h4-6,11H,7H2,1-3H3,(H,18,23)(H,19,24,25). The van der Waals surface area contributed by atoms with Crippen LogP contribution in [0.5, 0.6) is 0 Å². The third kappa shape index (κ3) is 2.90. The Morgan fingerprint density at radius 1 is 1.40 bits per heavy atom. The molecule has 0 bridgehead atoms.